The van der Waals surface area contributed by atoms with Gasteiger partial charge in [-0.05, 0) is 105 Å². The van der Waals surface area contributed by atoms with Crippen molar-refractivity contribution in [1.82, 2.24) is 5.32 Å². The van der Waals surface area contributed by atoms with Crippen LogP contribution in [0.3, 0.4) is 0 Å². The second kappa shape index (κ2) is 14.2. The first-order valence-corrected chi connectivity index (χ1v) is 18.1. The van der Waals surface area contributed by atoms with Gasteiger partial charge in [-0.15, -0.1) is 0 Å². The lowest BCUT2D eigenvalue weighted by Gasteiger charge is -2.44. The quantitative estimate of drug-likeness (QED) is 0.0727. The van der Waals surface area contributed by atoms with Gasteiger partial charge in [-0.2, -0.15) is 0 Å². The van der Waals surface area contributed by atoms with Crippen molar-refractivity contribution in [3.63, 3.8) is 0 Å². The first kappa shape index (κ1) is 34.0. The van der Waals surface area contributed by atoms with E-state index in [9.17, 15) is 24.5 Å². The van der Waals surface area contributed by atoms with Gasteiger partial charge in [-0.25, -0.2) is 9.69 Å². The number of non-ortho nitro benzene ring substituents is 1. The Hall–Kier alpha value is -6.07. The van der Waals surface area contributed by atoms with E-state index in [2.05, 4.69) is 50.4 Å². The molecular weight excluding hydrogens is 736 g/mol. The van der Waals surface area contributed by atoms with Crippen molar-refractivity contribution >= 4 is 56.9 Å². The van der Waals surface area contributed by atoms with Gasteiger partial charge in [0.2, 0.25) is 0 Å². The molecule has 1 fully saturated rings. The molecule has 10 nitrogen and oxygen atoms in total. The van der Waals surface area contributed by atoms with Gasteiger partial charge in [0, 0.05) is 42.7 Å². The van der Waals surface area contributed by atoms with Gasteiger partial charge in [-0.3, -0.25) is 25.0 Å². The lowest BCUT2D eigenvalue weighted by Crippen LogP contribution is -2.54. The molecule has 0 aliphatic carbocycles. The fourth-order valence-corrected chi connectivity index (χ4v) is 8.14. The minimum absolute atomic E-state index is 0.00507. The van der Waals surface area contributed by atoms with Crippen molar-refractivity contribution in [3.05, 3.63) is 169 Å². The van der Waals surface area contributed by atoms with Crippen molar-refractivity contribution in [2.75, 3.05) is 22.9 Å². The van der Waals surface area contributed by atoms with Crippen LogP contribution in [0.15, 0.2) is 125 Å². The Labute approximate surface area is 314 Å². The van der Waals surface area contributed by atoms with Crippen LogP contribution >= 0.6 is 15.9 Å². The Balaban J connectivity index is 1.13. The zero-order valence-electron chi connectivity index (χ0n) is 28.4. The van der Waals surface area contributed by atoms with E-state index in [0.717, 1.165) is 53.2 Å². The summed E-state index contributed by atoms with van der Waals surface area (Å²) in [7, 11) is 0. The minimum atomic E-state index is -0.795. The highest BCUT2D eigenvalue weighted by Crippen LogP contribution is 2.50. The standard InChI is InChI=1S/C42H33BrN4O6/c43-37-22-27(13-16-38(37)53-25-26-11-14-30(15-12-26)47(51)52)21-36-40(48)44-42(50)46(41(36)49)31-23-34-32(28-7-3-1-4-8-28)17-19-45-20-18-33(35(24-31)39(34)45)29-9-5-2-6-10-29/h1-16,21-24,32-33H,17-20,25H2,(H,44,48,50)/b36-21+/t32-,33-/m1/s1. The summed E-state index contributed by atoms with van der Waals surface area (Å²) >= 11 is 3.52. The molecule has 5 aromatic rings. The van der Waals surface area contributed by atoms with E-state index in [4.69, 9.17) is 4.74 Å². The van der Waals surface area contributed by atoms with E-state index in [0.29, 0.717) is 21.5 Å². The number of carbonyl (C=O) groups is 3. The van der Waals surface area contributed by atoms with Crippen LogP contribution in [0.25, 0.3) is 6.08 Å². The zero-order chi connectivity index (χ0) is 36.6. The number of nitro groups is 1. The second-order valence-corrected chi connectivity index (χ2v) is 14.2. The maximum Gasteiger partial charge on any atom is 0.335 e. The fourth-order valence-electron chi connectivity index (χ4n) is 7.63. The number of nitrogens with zero attached hydrogens (tertiary/aromatic N) is 3. The summed E-state index contributed by atoms with van der Waals surface area (Å²) in [5.41, 5.74) is 7.15. The molecule has 3 heterocycles. The van der Waals surface area contributed by atoms with Crippen LogP contribution in [0.2, 0.25) is 0 Å². The van der Waals surface area contributed by atoms with Crippen molar-refractivity contribution in [2.45, 2.75) is 31.3 Å². The van der Waals surface area contributed by atoms with Crippen LogP contribution in [0.1, 0.15) is 58.1 Å². The van der Waals surface area contributed by atoms with Crippen molar-refractivity contribution in [3.8, 4) is 5.75 Å². The molecule has 3 aliphatic heterocycles. The van der Waals surface area contributed by atoms with Gasteiger partial charge in [0.05, 0.1) is 15.1 Å². The monoisotopic (exact) mass is 768 g/mol. The van der Waals surface area contributed by atoms with Crippen LogP contribution in [-0.2, 0) is 16.2 Å². The number of anilines is 2. The van der Waals surface area contributed by atoms with E-state index in [-0.39, 0.29) is 29.7 Å². The molecule has 0 radical (unpaired) electrons. The van der Waals surface area contributed by atoms with Crippen molar-refractivity contribution in [1.29, 1.82) is 0 Å². The number of urea groups is 1. The normalized spacial score (nSPS) is 18.8. The lowest BCUT2D eigenvalue weighted by atomic mass is 9.76. The number of ether oxygens (including phenoxy) is 1. The highest BCUT2D eigenvalue weighted by Gasteiger charge is 2.40. The van der Waals surface area contributed by atoms with E-state index in [1.54, 1.807) is 30.3 Å². The number of imide groups is 2. The summed E-state index contributed by atoms with van der Waals surface area (Å²) in [5.74, 6) is -0.862. The summed E-state index contributed by atoms with van der Waals surface area (Å²) in [5, 5.41) is 13.4. The van der Waals surface area contributed by atoms with Crippen LogP contribution in [0.5, 0.6) is 5.75 Å². The number of rotatable bonds is 8. The minimum Gasteiger partial charge on any atom is -0.488 e. The number of amides is 4. The third-order valence-electron chi connectivity index (χ3n) is 10.2. The molecule has 8 rings (SSSR count). The molecule has 3 aliphatic rings. The van der Waals surface area contributed by atoms with E-state index in [1.165, 1.54) is 29.3 Å². The molecule has 53 heavy (non-hydrogen) atoms. The summed E-state index contributed by atoms with van der Waals surface area (Å²) in [6, 6.07) is 34.9. The number of hydrogen-bond acceptors (Lipinski definition) is 7. The van der Waals surface area contributed by atoms with Gasteiger partial charge >= 0.3 is 6.03 Å². The lowest BCUT2D eigenvalue weighted by molar-refractivity contribution is -0.384. The number of benzene rings is 5. The molecule has 0 spiro atoms. The highest BCUT2D eigenvalue weighted by atomic mass is 79.9. The summed E-state index contributed by atoms with van der Waals surface area (Å²) in [4.78, 5) is 55.1. The number of hydrogen-bond donors (Lipinski definition) is 1. The number of halogens is 1. The number of nitro benzene ring substituents is 1. The van der Waals surface area contributed by atoms with Gasteiger partial charge in [0.25, 0.3) is 17.5 Å². The molecule has 0 saturated carbocycles. The molecule has 5 aromatic carbocycles. The maximum atomic E-state index is 14.3. The summed E-state index contributed by atoms with van der Waals surface area (Å²) < 4.78 is 6.49. The molecule has 0 unspecified atom stereocenters. The van der Waals surface area contributed by atoms with Crippen LogP contribution in [-0.4, -0.2) is 35.9 Å². The second-order valence-electron chi connectivity index (χ2n) is 13.3. The average Bonchev–Trinajstić information content (AvgIpc) is 3.17. The van der Waals surface area contributed by atoms with Crippen LogP contribution < -0.4 is 19.9 Å². The Morgan fingerprint density at radius 3 is 1.98 bits per heavy atom. The van der Waals surface area contributed by atoms with Crippen molar-refractivity contribution in [2.24, 2.45) is 0 Å². The Morgan fingerprint density at radius 1 is 0.811 bits per heavy atom. The molecule has 2 atom stereocenters. The van der Waals surface area contributed by atoms with Gasteiger partial charge in [0.1, 0.15) is 17.9 Å². The Bertz CT molecular complexity index is 2220. The van der Waals surface area contributed by atoms with Gasteiger partial charge in [0.15, 0.2) is 0 Å². The third-order valence-corrected chi connectivity index (χ3v) is 10.8. The molecule has 1 saturated heterocycles. The summed E-state index contributed by atoms with van der Waals surface area (Å²) in [6.45, 7) is 1.98. The van der Waals surface area contributed by atoms with E-state index in [1.807, 2.05) is 48.5 Å². The third kappa shape index (κ3) is 6.60. The van der Waals surface area contributed by atoms with Gasteiger partial charge in [-0.1, -0.05) is 66.7 Å². The van der Waals surface area contributed by atoms with E-state index < -0.39 is 22.8 Å². The van der Waals surface area contributed by atoms with Crippen LogP contribution in [0, 0.1) is 10.1 Å². The number of carbonyl (C=O) groups excluding carboxylic acids is 3. The molecular formula is C42H33BrN4O6. The topological polar surface area (TPSA) is 122 Å². The van der Waals surface area contributed by atoms with Crippen LogP contribution in [0.4, 0.5) is 21.9 Å². The predicted octanol–water partition coefficient (Wildman–Crippen LogP) is 8.48. The number of barbiturate groups is 1. The molecule has 0 bridgehead atoms. The SMILES string of the molecule is O=C1NC(=O)N(c2cc3c4c(c2)[C@@H](c2ccccc2)CCN4CC[C@@H]3c2ccccc2)C(=O)/C1=C/c1ccc(OCc2ccc([N+](=O)[O-])cc2)c(Br)c1. The first-order valence-electron chi connectivity index (χ1n) is 17.3. The zero-order valence-corrected chi connectivity index (χ0v) is 30.0. The fraction of sp³-hybridized carbons (Fsp3) is 0.167. The van der Waals surface area contributed by atoms with Crippen molar-refractivity contribution < 1.29 is 24.0 Å². The molecule has 11 heteroatoms. The summed E-state index contributed by atoms with van der Waals surface area (Å²) in [6.07, 6.45) is 3.25. The average molecular weight is 770 g/mol. The smallest absolute Gasteiger partial charge is 0.335 e. The molecule has 0 aromatic heterocycles. The number of nitrogens with one attached hydrogen (secondary N) is 1. The molecule has 4 amide bonds. The maximum absolute atomic E-state index is 14.3. The molecule has 264 valence electrons. The molecule has 1 N–H and O–H groups in total. The largest absolute Gasteiger partial charge is 0.488 e. The van der Waals surface area contributed by atoms with E-state index >= 15 is 0 Å². The first-order chi connectivity index (χ1) is 25.7. The predicted molar refractivity (Wildman–Crippen MR) is 205 cm³/mol. The Morgan fingerprint density at radius 2 is 1.42 bits per heavy atom. The van der Waals surface area contributed by atoms with Gasteiger partial charge < -0.3 is 9.64 Å². The Kier molecular flexibility index (Phi) is 9.09. The highest BCUT2D eigenvalue weighted by molar-refractivity contribution is 9.10.